The quantitative estimate of drug-likeness (QED) is 0.174. The Morgan fingerprint density at radius 2 is 0.706 bits per heavy atom. The van der Waals surface area contributed by atoms with Gasteiger partial charge >= 0.3 is 0 Å². The first kappa shape index (κ1) is 29.2. The van der Waals surface area contributed by atoms with E-state index in [9.17, 15) is 4.79 Å². The lowest BCUT2D eigenvalue weighted by Crippen LogP contribution is -2.19. The van der Waals surface area contributed by atoms with Crippen LogP contribution in [0.1, 0.15) is 0 Å². The Morgan fingerprint density at radius 1 is 0.275 bits per heavy atom. The molecular weight excluding hydrogens is 619 g/mol. The zero-order valence-corrected chi connectivity index (χ0v) is 27.8. The molecular formula is C49H31NO. The lowest BCUT2D eigenvalue weighted by Gasteiger charge is -2.17. The average Bonchev–Trinajstić information content (AvgIpc) is 3.21. The number of nitrogens with zero attached hydrogens (tertiary/aromatic N) is 1. The molecule has 10 aromatic rings. The first-order valence-electron chi connectivity index (χ1n) is 17.4. The van der Waals surface area contributed by atoms with E-state index >= 15 is 0 Å². The number of benzene rings is 9. The van der Waals surface area contributed by atoms with Gasteiger partial charge < -0.3 is 0 Å². The van der Waals surface area contributed by atoms with Gasteiger partial charge in [0.2, 0.25) is 0 Å². The minimum absolute atomic E-state index is 0.0180. The van der Waals surface area contributed by atoms with Crippen molar-refractivity contribution in [3.8, 4) is 39.1 Å². The summed E-state index contributed by atoms with van der Waals surface area (Å²) in [4.78, 5) is 14.4. The number of hydrogen-bond acceptors (Lipinski definition) is 1. The molecule has 2 nitrogen and oxygen atoms in total. The molecule has 0 fully saturated rings. The Bertz CT molecular complexity index is 3030. The molecule has 10 rings (SSSR count). The fraction of sp³-hybridized carbons (Fsp3) is 0. The minimum Gasteiger partial charge on any atom is -0.276 e. The fourth-order valence-corrected chi connectivity index (χ4v) is 7.92. The maximum absolute atomic E-state index is 14.4. The highest BCUT2D eigenvalue weighted by atomic mass is 16.1. The van der Waals surface area contributed by atoms with Crippen molar-refractivity contribution >= 4 is 54.0 Å². The van der Waals surface area contributed by atoms with Gasteiger partial charge in [0.15, 0.2) is 0 Å². The van der Waals surface area contributed by atoms with Crippen LogP contribution in [0.3, 0.4) is 0 Å². The van der Waals surface area contributed by atoms with Crippen molar-refractivity contribution in [2.24, 2.45) is 0 Å². The third-order valence-corrected chi connectivity index (χ3v) is 10.4. The third kappa shape index (κ3) is 4.76. The summed E-state index contributed by atoms with van der Waals surface area (Å²) >= 11 is 0. The van der Waals surface area contributed by atoms with Crippen LogP contribution in [0.15, 0.2) is 193 Å². The molecule has 51 heavy (non-hydrogen) atoms. The van der Waals surface area contributed by atoms with Gasteiger partial charge in [0.1, 0.15) is 0 Å². The van der Waals surface area contributed by atoms with Gasteiger partial charge in [-0.05, 0) is 114 Å². The molecule has 0 saturated carbocycles. The number of fused-ring (bicyclic) bond motifs is 9. The highest BCUT2D eigenvalue weighted by Crippen LogP contribution is 2.39. The molecule has 0 N–H and O–H groups in total. The molecule has 0 saturated heterocycles. The average molecular weight is 650 g/mol. The Hall–Kier alpha value is -6.77. The van der Waals surface area contributed by atoms with Gasteiger partial charge in [-0.1, -0.05) is 146 Å². The van der Waals surface area contributed by atoms with Crippen molar-refractivity contribution in [3.05, 3.63) is 198 Å². The van der Waals surface area contributed by atoms with Crippen LogP contribution in [-0.4, -0.2) is 4.57 Å². The first-order valence-corrected chi connectivity index (χ1v) is 17.4. The van der Waals surface area contributed by atoms with E-state index in [1.807, 2.05) is 28.8 Å². The lowest BCUT2D eigenvalue weighted by atomic mass is 9.91. The van der Waals surface area contributed by atoms with Crippen LogP contribution < -0.4 is 5.56 Å². The predicted octanol–water partition coefficient (Wildman–Crippen LogP) is 12.6. The molecule has 2 heteroatoms. The number of pyridine rings is 1. The topological polar surface area (TPSA) is 22.0 Å². The molecule has 238 valence electrons. The largest absolute Gasteiger partial charge is 0.276 e. The van der Waals surface area contributed by atoms with Gasteiger partial charge in [0.05, 0.1) is 5.52 Å². The van der Waals surface area contributed by atoms with Gasteiger partial charge in [-0.15, -0.1) is 0 Å². The molecule has 1 aromatic heterocycles. The maximum Gasteiger partial charge on any atom is 0.263 e. The Kier molecular flexibility index (Phi) is 6.68. The molecule has 0 aliphatic heterocycles. The summed E-state index contributed by atoms with van der Waals surface area (Å²) in [5.74, 6) is 0. The number of rotatable bonds is 4. The van der Waals surface area contributed by atoms with Crippen LogP contribution in [0.25, 0.3) is 93.1 Å². The highest BCUT2D eigenvalue weighted by Gasteiger charge is 2.16. The Morgan fingerprint density at radius 3 is 1.41 bits per heavy atom. The summed E-state index contributed by atoms with van der Waals surface area (Å²) in [5.41, 5.74) is 8.76. The summed E-state index contributed by atoms with van der Waals surface area (Å²) in [7, 11) is 0. The zero-order valence-electron chi connectivity index (χ0n) is 27.8. The van der Waals surface area contributed by atoms with Crippen LogP contribution in [0.5, 0.6) is 0 Å². The van der Waals surface area contributed by atoms with Crippen molar-refractivity contribution in [1.82, 2.24) is 4.57 Å². The van der Waals surface area contributed by atoms with E-state index in [4.69, 9.17) is 0 Å². The molecule has 0 radical (unpaired) electrons. The van der Waals surface area contributed by atoms with E-state index in [1.54, 1.807) is 0 Å². The molecule has 0 amide bonds. The van der Waals surface area contributed by atoms with Gasteiger partial charge in [-0.25, -0.2) is 0 Å². The van der Waals surface area contributed by atoms with E-state index in [-0.39, 0.29) is 5.56 Å². The molecule has 0 bridgehead atoms. The third-order valence-electron chi connectivity index (χ3n) is 10.4. The van der Waals surface area contributed by atoms with Crippen molar-refractivity contribution < 1.29 is 0 Å². The first-order chi connectivity index (χ1) is 25.2. The molecule has 0 spiro atoms. The van der Waals surface area contributed by atoms with Gasteiger partial charge in [0, 0.05) is 16.5 Å². The van der Waals surface area contributed by atoms with E-state index in [0.29, 0.717) is 5.39 Å². The zero-order chi connectivity index (χ0) is 33.9. The fourth-order valence-electron chi connectivity index (χ4n) is 7.92. The molecule has 0 unspecified atom stereocenters. The van der Waals surface area contributed by atoms with Gasteiger partial charge in [0.25, 0.3) is 5.56 Å². The Balaban J connectivity index is 1.21. The maximum atomic E-state index is 14.4. The molecule has 0 aliphatic carbocycles. The summed E-state index contributed by atoms with van der Waals surface area (Å²) < 4.78 is 1.90. The normalized spacial score (nSPS) is 11.6. The van der Waals surface area contributed by atoms with Gasteiger partial charge in [-0.3, -0.25) is 9.36 Å². The van der Waals surface area contributed by atoms with Crippen LogP contribution in [0.4, 0.5) is 0 Å². The van der Waals surface area contributed by atoms with Crippen molar-refractivity contribution in [3.63, 3.8) is 0 Å². The van der Waals surface area contributed by atoms with Crippen LogP contribution in [-0.2, 0) is 0 Å². The Labute approximate surface area is 295 Å². The number of hydrogen-bond donors (Lipinski definition) is 0. The standard InChI is InChI=1S/C49H31NO/c51-49-44-21-10-9-20-41(44)47-30-36(33-14-5-2-6-15-33)23-27-48(47)50(49)38-24-26-42-39-18-7-8-19-40(39)45-29-37(22-25-43(45)46(42)31-38)35-17-11-16-34(28-35)32-12-3-1-4-13-32/h1-31H. The van der Waals surface area contributed by atoms with Gasteiger partial charge in [-0.2, -0.15) is 0 Å². The SMILES string of the molecule is O=c1c2ccccc2c2cc(-c3ccccc3)ccc2n1-c1ccc2c3ccccc3c3cc(-c4cccc(-c5ccccc5)c4)ccc3c2c1. The summed E-state index contributed by atoms with van der Waals surface area (Å²) in [5, 5.41) is 9.80. The van der Waals surface area contributed by atoms with E-state index in [1.165, 1.54) is 43.8 Å². The van der Waals surface area contributed by atoms with E-state index in [2.05, 4.69) is 164 Å². The van der Waals surface area contributed by atoms with Crippen LogP contribution in [0.2, 0.25) is 0 Å². The second-order valence-corrected chi connectivity index (χ2v) is 13.3. The summed E-state index contributed by atoms with van der Waals surface area (Å²) in [6.45, 7) is 0. The van der Waals surface area contributed by atoms with E-state index in [0.717, 1.165) is 43.9 Å². The van der Waals surface area contributed by atoms with Crippen molar-refractivity contribution in [2.45, 2.75) is 0 Å². The smallest absolute Gasteiger partial charge is 0.263 e. The summed E-state index contributed by atoms with van der Waals surface area (Å²) in [6, 6.07) is 66.1. The predicted molar refractivity (Wildman–Crippen MR) is 216 cm³/mol. The lowest BCUT2D eigenvalue weighted by molar-refractivity contribution is 1.06. The van der Waals surface area contributed by atoms with E-state index < -0.39 is 0 Å². The van der Waals surface area contributed by atoms with Crippen molar-refractivity contribution in [2.75, 3.05) is 0 Å². The minimum atomic E-state index is -0.0180. The monoisotopic (exact) mass is 649 g/mol. The molecule has 0 aliphatic rings. The summed E-state index contributed by atoms with van der Waals surface area (Å²) in [6.07, 6.45) is 0. The molecule has 0 atom stereocenters. The van der Waals surface area contributed by atoms with Crippen LogP contribution >= 0.6 is 0 Å². The molecule has 1 heterocycles. The molecule has 9 aromatic carbocycles. The van der Waals surface area contributed by atoms with Crippen LogP contribution in [0, 0.1) is 0 Å². The number of aromatic nitrogens is 1. The second-order valence-electron chi connectivity index (χ2n) is 13.3. The van der Waals surface area contributed by atoms with Crippen molar-refractivity contribution in [1.29, 1.82) is 0 Å². The highest BCUT2D eigenvalue weighted by molar-refractivity contribution is 6.26. The second kappa shape index (κ2) is 11.7.